The molecule has 0 aliphatic carbocycles. The van der Waals surface area contributed by atoms with E-state index in [1.807, 2.05) is 13.8 Å². The molecule has 4 heteroatoms. The number of hydrogen-bond donors (Lipinski definition) is 3. The molecule has 0 aromatic rings. The zero-order chi connectivity index (χ0) is 9.83. The average Bonchev–Trinajstić information content (AvgIpc) is 1.86. The van der Waals surface area contributed by atoms with Gasteiger partial charge in [0.15, 0.2) is 12.0 Å². The molecule has 0 amide bonds. The van der Waals surface area contributed by atoms with Crippen LogP contribution in [-0.4, -0.2) is 5.79 Å². The van der Waals surface area contributed by atoms with Crippen LogP contribution in [0.2, 0.25) is 0 Å². The van der Waals surface area contributed by atoms with Crippen molar-refractivity contribution >= 4 is 0 Å². The highest BCUT2D eigenvalue weighted by molar-refractivity contribution is 4.94. The minimum Gasteiger partial charge on any atom is -0.295 e. The van der Waals surface area contributed by atoms with Crippen molar-refractivity contribution in [3.63, 3.8) is 0 Å². The maximum absolute atomic E-state index is 8.41. The van der Waals surface area contributed by atoms with Crippen molar-refractivity contribution < 1.29 is 0 Å². The fraction of sp³-hybridized carbons (Fsp3) is 0.875. The largest absolute Gasteiger partial charge is 0.295 e. The molecule has 0 heterocycles. The molecule has 0 saturated heterocycles. The van der Waals surface area contributed by atoms with Crippen molar-refractivity contribution in [1.82, 2.24) is 5.32 Å². The van der Waals surface area contributed by atoms with Gasteiger partial charge in [-0.05, 0) is 6.42 Å². The van der Waals surface area contributed by atoms with Gasteiger partial charge in [-0.25, -0.2) is 0 Å². The van der Waals surface area contributed by atoms with Gasteiger partial charge in [-0.2, -0.15) is 5.26 Å². The smallest absolute Gasteiger partial charge is 0.179 e. The maximum atomic E-state index is 8.41. The molecule has 70 valence electrons. The summed E-state index contributed by atoms with van der Waals surface area (Å²) in [7, 11) is 0. The normalized spacial score (nSPS) is 12.3. The van der Waals surface area contributed by atoms with Crippen LogP contribution in [0, 0.1) is 16.9 Å². The van der Waals surface area contributed by atoms with Crippen LogP contribution in [0.5, 0.6) is 0 Å². The van der Waals surface area contributed by atoms with E-state index in [-0.39, 0.29) is 5.41 Å². The Morgan fingerprint density at radius 1 is 1.42 bits per heavy atom. The zero-order valence-electron chi connectivity index (χ0n) is 8.02. The number of nitriles is 1. The van der Waals surface area contributed by atoms with Gasteiger partial charge in [-0.15, -0.1) is 0 Å². The van der Waals surface area contributed by atoms with Crippen LogP contribution in [0.3, 0.4) is 0 Å². The number of rotatable bonds is 4. The summed E-state index contributed by atoms with van der Waals surface area (Å²) in [6.45, 7) is 5.95. The Labute approximate surface area is 73.9 Å². The Morgan fingerprint density at radius 2 is 1.92 bits per heavy atom. The molecule has 0 spiro atoms. The van der Waals surface area contributed by atoms with Crippen LogP contribution >= 0.6 is 0 Å². The third-order valence-electron chi connectivity index (χ3n) is 2.26. The standard InChI is InChI=1S/C8H18N4/c1-4-5-7(2,3)8(10,11)12-6-9/h12H,4-5,10-11H2,1-3H3. The van der Waals surface area contributed by atoms with E-state index in [0.29, 0.717) is 0 Å². The molecule has 0 aromatic carbocycles. The second kappa shape index (κ2) is 3.74. The third-order valence-corrected chi connectivity index (χ3v) is 2.26. The monoisotopic (exact) mass is 170 g/mol. The highest BCUT2D eigenvalue weighted by Crippen LogP contribution is 2.28. The SMILES string of the molecule is CCCC(C)(C)C(N)(N)NC#N. The molecule has 0 saturated carbocycles. The van der Waals surface area contributed by atoms with Crippen LogP contribution in [0.25, 0.3) is 0 Å². The molecular weight excluding hydrogens is 152 g/mol. The molecule has 0 unspecified atom stereocenters. The van der Waals surface area contributed by atoms with Crippen LogP contribution in [0.15, 0.2) is 0 Å². The van der Waals surface area contributed by atoms with E-state index < -0.39 is 5.79 Å². The lowest BCUT2D eigenvalue weighted by atomic mass is 9.81. The number of nitrogens with two attached hydrogens (primary N) is 2. The quantitative estimate of drug-likeness (QED) is 0.325. The predicted molar refractivity (Wildman–Crippen MR) is 48.5 cm³/mol. The van der Waals surface area contributed by atoms with E-state index in [1.54, 1.807) is 6.19 Å². The first kappa shape index (κ1) is 11.2. The molecule has 0 aliphatic heterocycles. The number of nitrogens with zero attached hydrogens (tertiary/aromatic N) is 1. The molecule has 0 aromatic heterocycles. The summed E-state index contributed by atoms with van der Waals surface area (Å²) in [6, 6.07) is 0. The van der Waals surface area contributed by atoms with Crippen molar-refractivity contribution in [2.75, 3.05) is 0 Å². The molecular formula is C8H18N4. The van der Waals surface area contributed by atoms with Crippen molar-refractivity contribution in [1.29, 1.82) is 5.26 Å². The minimum atomic E-state index is -1.11. The zero-order valence-corrected chi connectivity index (χ0v) is 8.02. The summed E-state index contributed by atoms with van der Waals surface area (Å²) in [4.78, 5) is 0. The van der Waals surface area contributed by atoms with Gasteiger partial charge in [0.05, 0.1) is 0 Å². The summed E-state index contributed by atoms with van der Waals surface area (Å²) in [5.74, 6) is -1.11. The lowest BCUT2D eigenvalue weighted by Gasteiger charge is -2.39. The van der Waals surface area contributed by atoms with E-state index in [9.17, 15) is 0 Å². The molecule has 12 heavy (non-hydrogen) atoms. The fourth-order valence-corrected chi connectivity index (χ4v) is 1.09. The van der Waals surface area contributed by atoms with Crippen molar-refractivity contribution in [3.05, 3.63) is 0 Å². The molecule has 0 bridgehead atoms. The van der Waals surface area contributed by atoms with Crippen LogP contribution in [0.1, 0.15) is 33.6 Å². The molecule has 0 rings (SSSR count). The van der Waals surface area contributed by atoms with Gasteiger partial charge < -0.3 is 0 Å². The molecule has 0 atom stereocenters. The van der Waals surface area contributed by atoms with Crippen molar-refractivity contribution in [2.45, 2.75) is 39.4 Å². The third kappa shape index (κ3) is 2.36. The molecule has 0 radical (unpaired) electrons. The van der Waals surface area contributed by atoms with Crippen molar-refractivity contribution in [3.8, 4) is 6.19 Å². The van der Waals surface area contributed by atoms with Gasteiger partial charge in [0, 0.05) is 5.41 Å². The highest BCUT2D eigenvalue weighted by atomic mass is 15.2. The van der Waals surface area contributed by atoms with Gasteiger partial charge in [0.25, 0.3) is 0 Å². The average molecular weight is 170 g/mol. The van der Waals surface area contributed by atoms with Crippen LogP contribution in [-0.2, 0) is 0 Å². The maximum Gasteiger partial charge on any atom is 0.179 e. The lowest BCUT2D eigenvalue weighted by Crippen LogP contribution is -2.68. The second-order valence-electron chi connectivity index (χ2n) is 3.74. The van der Waals surface area contributed by atoms with Gasteiger partial charge in [0.2, 0.25) is 0 Å². The Balaban J connectivity index is 4.41. The Hall–Kier alpha value is -0.790. The number of nitrogens with one attached hydrogen (secondary N) is 1. The summed E-state index contributed by atoms with van der Waals surface area (Å²) in [5.41, 5.74) is 11.2. The summed E-state index contributed by atoms with van der Waals surface area (Å²) in [6.07, 6.45) is 3.65. The first-order valence-electron chi connectivity index (χ1n) is 4.11. The number of hydrogen-bond acceptors (Lipinski definition) is 4. The molecule has 0 aliphatic rings. The minimum absolute atomic E-state index is 0.280. The Bertz CT molecular complexity index is 178. The van der Waals surface area contributed by atoms with E-state index in [1.165, 1.54) is 0 Å². The topological polar surface area (TPSA) is 87.9 Å². The van der Waals surface area contributed by atoms with E-state index >= 15 is 0 Å². The first-order chi connectivity index (χ1) is 5.37. The van der Waals surface area contributed by atoms with Crippen LogP contribution in [0.4, 0.5) is 0 Å². The van der Waals surface area contributed by atoms with Crippen LogP contribution < -0.4 is 16.8 Å². The summed E-state index contributed by atoms with van der Waals surface area (Å²) in [5, 5.41) is 10.8. The lowest BCUT2D eigenvalue weighted by molar-refractivity contribution is 0.134. The fourth-order valence-electron chi connectivity index (χ4n) is 1.09. The summed E-state index contributed by atoms with van der Waals surface area (Å²) >= 11 is 0. The first-order valence-corrected chi connectivity index (χ1v) is 4.11. The molecule has 4 nitrogen and oxygen atoms in total. The highest BCUT2D eigenvalue weighted by Gasteiger charge is 2.37. The predicted octanol–water partition coefficient (Wildman–Crippen LogP) is 0.455. The van der Waals surface area contributed by atoms with Gasteiger partial charge in [0.1, 0.15) is 0 Å². The second-order valence-corrected chi connectivity index (χ2v) is 3.74. The van der Waals surface area contributed by atoms with E-state index in [4.69, 9.17) is 16.7 Å². The van der Waals surface area contributed by atoms with Gasteiger partial charge >= 0.3 is 0 Å². The van der Waals surface area contributed by atoms with Gasteiger partial charge in [-0.3, -0.25) is 16.8 Å². The van der Waals surface area contributed by atoms with E-state index in [0.717, 1.165) is 12.8 Å². The molecule has 0 fully saturated rings. The van der Waals surface area contributed by atoms with Crippen molar-refractivity contribution in [2.24, 2.45) is 16.9 Å². The summed E-state index contributed by atoms with van der Waals surface area (Å²) < 4.78 is 0. The Morgan fingerprint density at radius 3 is 2.25 bits per heavy atom. The molecule has 5 N–H and O–H groups in total. The Kier molecular flexibility index (Phi) is 3.50. The van der Waals surface area contributed by atoms with Gasteiger partial charge in [-0.1, -0.05) is 27.2 Å². The van der Waals surface area contributed by atoms with E-state index in [2.05, 4.69) is 12.2 Å².